The molecule has 1 heterocycles. The first-order valence-electron chi connectivity index (χ1n) is 6.85. The number of rotatable bonds is 2. The van der Waals surface area contributed by atoms with Crippen LogP contribution >= 0.6 is 11.6 Å². The number of nitriles is 1. The Kier molecular flexibility index (Phi) is 4.27. The molecular formula is C16H21ClN2O. The molecule has 2 atom stereocenters. The summed E-state index contributed by atoms with van der Waals surface area (Å²) < 4.78 is 5.44. The van der Waals surface area contributed by atoms with Gasteiger partial charge in [0, 0.05) is 35.1 Å². The molecule has 1 aromatic rings. The Morgan fingerprint density at radius 2 is 2.05 bits per heavy atom. The molecule has 0 unspecified atom stereocenters. The minimum atomic E-state index is -0.0528. The first-order valence-corrected chi connectivity index (χ1v) is 7.23. The summed E-state index contributed by atoms with van der Waals surface area (Å²) >= 11 is 6.36. The van der Waals surface area contributed by atoms with Crippen LogP contribution in [0, 0.1) is 17.2 Å². The van der Waals surface area contributed by atoms with Gasteiger partial charge in [-0.05, 0) is 32.9 Å². The summed E-state index contributed by atoms with van der Waals surface area (Å²) in [5, 5.41) is 10.2. The van der Waals surface area contributed by atoms with Crippen LogP contribution in [-0.4, -0.2) is 30.6 Å². The molecule has 108 valence electrons. The van der Waals surface area contributed by atoms with E-state index in [1.54, 1.807) is 7.11 Å². The van der Waals surface area contributed by atoms with E-state index in [4.69, 9.17) is 16.3 Å². The van der Waals surface area contributed by atoms with Crippen LogP contribution in [0.4, 0.5) is 0 Å². The van der Waals surface area contributed by atoms with Crippen molar-refractivity contribution in [3.05, 3.63) is 28.8 Å². The highest BCUT2D eigenvalue weighted by atomic mass is 35.5. The standard InChI is InChI=1S/C16H21ClN2O/c1-16(2,3)19-9-11(8-18)12(10-19)15-13(17)6-5-7-14(15)20-4/h5-7,11-12H,9-10H2,1-4H3/t11-,12-/m0/s1. The highest BCUT2D eigenvalue weighted by Gasteiger charge is 2.40. The second-order valence-electron chi connectivity index (χ2n) is 6.27. The van der Waals surface area contributed by atoms with Crippen molar-refractivity contribution < 1.29 is 4.74 Å². The van der Waals surface area contributed by atoms with E-state index in [1.165, 1.54) is 0 Å². The van der Waals surface area contributed by atoms with Crippen LogP contribution in [0.5, 0.6) is 5.75 Å². The van der Waals surface area contributed by atoms with Crippen molar-refractivity contribution in [2.75, 3.05) is 20.2 Å². The van der Waals surface area contributed by atoms with Crippen molar-refractivity contribution in [3.8, 4) is 11.8 Å². The van der Waals surface area contributed by atoms with Crippen LogP contribution in [0.15, 0.2) is 18.2 Å². The highest BCUT2D eigenvalue weighted by molar-refractivity contribution is 6.31. The molecule has 20 heavy (non-hydrogen) atoms. The lowest BCUT2D eigenvalue weighted by Crippen LogP contribution is -2.39. The molecule has 0 amide bonds. The van der Waals surface area contributed by atoms with E-state index < -0.39 is 0 Å². The average molecular weight is 293 g/mol. The minimum Gasteiger partial charge on any atom is -0.496 e. The fourth-order valence-corrected chi connectivity index (χ4v) is 3.14. The van der Waals surface area contributed by atoms with Gasteiger partial charge in [-0.1, -0.05) is 17.7 Å². The van der Waals surface area contributed by atoms with Crippen LogP contribution in [0.2, 0.25) is 5.02 Å². The predicted octanol–water partition coefficient (Wildman–Crippen LogP) is 3.69. The van der Waals surface area contributed by atoms with Gasteiger partial charge in [-0.3, -0.25) is 4.90 Å². The van der Waals surface area contributed by atoms with Gasteiger partial charge in [0.2, 0.25) is 0 Å². The molecule has 0 radical (unpaired) electrons. The maximum absolute atomic E-state index is 9.48. The number of hydrogen-bond acceptors (Lipinski definition) is 3. The normalized spacial score (nSPS) is 23.6. The van der Waals surface area contributed by atoms with Gasteiger partial charge in [0.1, 0.15) is 5.75 Å². The van der Waals surface area contributed by atoms with Crippen LogP contribution in [-0.2, 0) is 0 Å². The topological polar surface area (TPSA) is 36.3 Å². The lowest BCUT2D eigenvalue weighted by Gasteiger charge is -2.31. The second kappa shape index (κ2) is 5.63. The van der Waals surface area contributed by atoms with E-state index in [2.05, 4.69) is 31.7 Å². The molecule has 0 spiro atoms. The van der Waals surface area contributed by atoms with Crippen molar-refractivity contribution in [2.45, 2.75) is 32.2 Å². The predicted molar refractivity (Wildman–Crippen MR) is 81.2 cm³/mol. The van der Waals surface area contributed by atoms with Gasteiger partial charge in [-0.25, -0.2) is 0 Å². The van der Waals surface area contributed by atoms with Gasteiger partial charge in [-0.15, -0.1) is 0 Å². The van der Waals surface area contributed by atoms with Crippen molar-refractivity contribution >= 4 is 11.6 Å². The number of nitrogens with zero attached hydrogens (tertiary/aromatic N) is 2. The third-order valence-electron chi connectivity index (χ3n) is 4.04. The van der Waals surface area contributed by atoms with Gasteiger partial charge in [0.25, 0.3) is 0 Å². The zero-order valence-electron chi connectivity index (χ0n) is 12.5. The average Bonchev–Trinajstić information content (AvgIpc) is 2.82. The monoisotopic (exact) mass is 292 g/mol. The van der Waals surface area contributed by atoms with E-state index in [1.807, 2.05) is 18.2 Å². The third kappa shape index (κ3) is 2.77. The molecule has 0 saturated carbocycles. The number of halogens is 1. The highest BCUT2D eigenvalue weighted by Crippen LogP contribution is 2.42. The summed E-state index contributed by atoms with van der Waals surface area (Å²) in [7, 11) is 1.65. The molecule has 4 heteroatoms. The smallest absolute Gasteiger partial charge is 0.123 e. The Morgan fingerprint density at radius 1 is 1.35 bits per heavy atom. The summed E-state index contributed by atoms with van der Waals surface area (Å²) in [6, 6.07) is 8.10. The molecule has 1 aliphatic rings. The largest absolute Gasteiger partial charge is 0.496 e. The van der Waals surface area contributed by atoms with E-state index >= 15 is 0 Å². The van der Waals surface area contributed by atoms with Gasteiger partial charge in [0.15, 0.2) is 0 Å². The van der Waals surface area contributed by atoms with Gasteiger partial charge < -0.3 is 4.74 Å². The number of likely N-dealkylation sites (tertiary alicyclic amines) is 1. The van der Waals surface area contributed by atoms with Gasteiger partial charge in [-0.2, -0.15) is 5.26 Å². The van der Waals surface area contributed by atoms with Crippen molar-refractivity contribution in [2.24, 2.45) is 5.92 Å². The molecule has 1 aliphatic heterocycles. The zero-order valence-corrected chi connectivity index (χ0v) is 13.2. The van der Waals surface area contributed by atoms with Crippen LogP contribution < -0.4 is 4.74 Å². The molecule has 1 fully saturated rings. The molecule has 3 nitrogen and oxygen atoms in total. The zero-order chi connectivity index (χ0) is 14.9. The molecule has 1 aromatic carbocycles. The Labute approximate surface area is 126 Å². The summed E-state index contributed by atoms with van der Waals surface area (Å²) in [4.78, 5) is 2.34. The van der Waals surface area contributed by atoms with E-state index in [9.17, 15) is 5.26 Å². The van der Waals surface area contributed by atoms with Crippen LogP contribution in [0.25, 0.3) is 0 Å². The summed E-state index contributed by atoms with van der Waals surface area (Å²) in [6.07, 6.45) is 0. The number of hydrogen-bond donors (Lipinski definition) is 0. The molecule has 1 saturated heterocycles. The molecule has 0 N–H and O–H groups in total. The maximum Gasteiger partial charge on any atom is 0.123 e. The van der Waals surface area contributed by atoms with Gasteiger partial charge >= 0.3 is 0 Å². The van der Waals surface area contributed by atoms with E-state index in [0.717, 1.165) is 24.4 Å². The summed E-state index contributed by atoms with van der Waals surface area (Å²) in [5.74, 6) is 0.824. The molecule has 0 bridgehead atoms. The lowest BCUT2D eigenvalue weighted by atomic mass is 9.89. The fraction of sp³-hybridized carbons (Fsp3) is 0.562. The fourth-order valence-electron chi connectivity index (χ4n) is 2.83. The number of ether oxygens (including phenoxy) is 1. The quantitative estimate of drug-likeness (QED) is 0.834. The Balaban J connectivity index is 2.40. The van der Waals surface area contributed by atoms with E-state index in [-0.39, 0.29) is 17.4 Å². The molecule has 0 aromatic heterocycles. The van der Waals surface area contributed by atoms with Gasteiger partial charge in [0.05, 0.1) is 19.1 Å². The Hall–Kier alpha value is -1.24. The Morgan fingerprint density at radius 3 is 2.60 bits per heavy atom. The molecule has 2 rings (SSSR count). The molecule has 0 aliphatic carbocycles. The van der Waals surface area contributed by atoms with E-state index in [0.29, 0.717) is 5.02 Å². The number of methoxy groups -OCH3 is 1. The molecular weight excluding hydrogens is 272 g/mol. The first kappa shape index (κ1) is 15.2. The second-order valence-corrected chi connectivity index (χ2v) is 6.68. The van der Waals surface area contributed by atoms with Crippen LogP contribution in [0.3, 0.4) is 0 Å². The van der Waals surface area contributed by atoms with Crippen molar-refractivity contribution in [1.29, 1.82) is 5.26 Å². The third-order valence-corrected chi connectivity index (χ3v) is 4.37. The Bertz CT molecular complexity index is 530. The van der Waals surface area contributed by atoms with Crippen molar-refractivity contribution in [3.63, 3.8) is 0 Å². The maximum atomic E-state index is 9.48. The minimum absolute atomic E-state index is 0.0528. The van der Waals surface area contributed by atoms with Crippen LogP contribution in [0.1, 0.15) is 32.3 Å². The summed E-state index contributed by atoms with van der Waals surface area (Å²) in [5.41, 5.74) is 1.02. The lowest BCUT2D eigenvalue weighted by molar-refractivity contribution is 0.170. The summed E-state index contributed by atoms with van der Waals surface area (Å²) in [6.45, 7) is 8.13. The number of benzene rings is 1. The van der Waals surface area contributed by atoms with Crippen molar-refractivity contribution in [1.82, 2.24) is 4.90 Å². The SMILES string of the molecule is COc1cccc(Cl)c1[C@H]1CN(C(C)(C)C)C[C@@H]1C#N. The first-order chi connectivity index (χ1) is 9.38.